The summed E-state index contributed by atoms with van der Waals surface area (Å²) in [5.41, 5.74) is 6.14. The Labute approximate surface area is 134 Å². The van der Waals surface area contributed by atoms with Crippen molar-refractivity contribution in [1.29, 1.82) is 0 Å². The van der Waals surface area contributed by atoms with Crippen LogP contribution < -0.4 is 5.32 Å². The molecule has 0 bridgehead atoms. The maximum absolute atomic E-state index is 12.0. The number of carbonyl (C=O) groups excluding carboxylic acids is 1. The fraction of sp³-hybridized carbons (Fsp3) is 0.632. The molecule has 3 heteroatoms. The average Bonchev–Trinajstić information content (AvgIpc) is 2.72. The van der Waals surface area contributed by atoms with E-state index in [4.69, 9.17) is 4.74 Å². The van der Waals surface area contributed by atoms with Gasteiger partial charge < -0.3 is 10.1 Å². The van der Waals surface area contributed by atoms with E-state index in [-0.39, 0.29) is 11.5 Å². The van der Waals surface area contributed by atoms with E-state index >= 15 is 0 Å². The highest BCUT2D eigenvalue weighted by Crippen LogP contribution is 2.43. The third-order valence-corrected chi connectivity index (χ3v) is 4.67. The number of rotatable bonds is 4. The van der Waals surface area contributed by atoms with Crippen molar-refractivity contribution in [2.45, 2.75) is 72.0 Å². The van der Waals surface area contributed by atoms with Gasteiger partial charge in [0.1, 0.15) is 0 Å². The van der Waals surface area contributed by atoms with Gasteiger partial charge in [-0.05, 0) is 53.5 Å². The Morgan fingerprint density at radius 2 is 1.91 bits per heavy atom. The number of likely N-dealkylation sites (N-methyl/N-ethyl adjacent to an activating group) is 1. The van der Waals surface area contributed by atoms with Gasteiger partial charge >= 0.3 is 0 Å². The molecule has 1 aromatic carbocycles. The highest BCUT2D eigenvalue weighted by Gasteiger charge is 2.35. The monoisotopic (exact) mass is 303 g/mol. The summed E-state index contributed by atoms with van der Waals surface area (Å²) in [6, 6.07) is 2.27. The van der Waals surface area contributed by atoms with Gasteiger partial charge in [-0.25, -0.2) is 0 Å². The topological polar surface area (TPSA) is 38.3 Å². The summed E-state index contributed by atoms with van der Waals surface area (Å²) in [4.78, 5) is 12.0. The number of ether oxygens (including phenoxy) is 1. The minimum absolute atomic E-state index is 0.0712. The van der Waals surface area contributed by atoms with E-state index in [2.05, 4.69) is 52.9 Å². The van der Waals surface area contributed by atoms with E-state index in [9.17, 15) is 4.79 Å². The zero-order valence-corrected chi connectivity index (χ0v) is 15.0. The lowest BCUT2D eigenvalue weighted by Crippen LogP contribution is -2.23. The summed E-state index contributed by atoms with van der Waals surface area (Å²) in [6.45, 7) is 13.7. The van der Waals surface area contributed by atoms with Crippen molar-refractivity contribution in [1.82, 2.24) is 5.32 Å². The van der Waals surface area contributed by atoms with Crippen LogP contribution in [0.3, 0.4) is 0 Å². The van der Waals surface area contributed by atoms with E-state index in [0.29, 0.717) is 24.9 Å². The van der Waals surface area contributed by atoms with Crippen LogP contribution >= 0.6 is 0 Å². The Balaban J connectivity index is 2.73. The Morgan fingerprint density at radius 1 is 1.27 bits per heavy atom. The molecule has 1 amide bonds. The highest BCUT2D eigenvalue weighted by molar-refractivity contribution is 5.79. The fourth-order valence-electron chi connectivity index (χ4n) is 3.49. The molecule has 2 rings (SSSR count). The lowest BCUT2D eigenvalue weighted by molar-refractivity contribution is -0.119. The maximum Gasteiger partial charge on any atom is 0.224 e. The normalized spacial score (nSPS) is 16.2. The molecule has 0 aromatic heterocycles. The van der Waals surface area contributed by atoms with Gasteiger partial charge in [-0.1, -0.05) is 33.8 Å². The fourth-order valence-corrected chi connectivity index (χ4v) is 3.49. The Hall–Kier alpha value is -1.35. The first-order chi connectivity index (χ1) is 10.2. The Bertz CT molecular complexity index is 586. The largest absolute Gasteiger partial charge is 0.366 e. The first-order valence-corrected chi connectivity index (χ1v) is 8.22. The van der Waals surface area contributed by atoms with E-state index < -0.39 is 0 Å². The number of carbonyl (C=O) groups is 1. The predicted molar refractivity (Wildman–Crippen MR) is 90.2 cm³/mol. The molecule has 0 atom stereocenters. The second-order valence-electron chi connectivity index (χ2n) is 7.34. The van der Waals surface area contributed by atoms with Crippen LogP contribution in [-0.2, 0) is 28.2 Å². The number of hydrogen-bond donors (Lipinski definition) is 1. The van der Waals surface area contributed by atoms with Gasteiger partial charge in [-0.3, -0.25) is 4.79 Å². The minimum Gasteiger partial charge on any atom is -0.366 e. The van der Waals surface area contributed by atoms with Gasteiger partial charge in [0, 0.05) is 7.05 Å². The molecular formula is C19H29NO2. The summed E-state index contributed by atoms with van der Waals surface area (Å²) >= 11 is 0. The molecular weight excluding hydrogens is 274 g/mol. The van der Waals surface area contributed by atoms with Crippen LogP contribution in [0.15, 0.2) is 6.07 Å². The number of fused-ring (bicyclic) bond motifs is 1. The molecule has 1 N–H and O–H groups in total. The van der Waals surface area contributed by atoms with Crippen LogP contribution in [-0.4, -0.2) is 13.0 Å². The van der Waals surface area contributed by atoms with E-state index in [1.54, 1.807) is 7.05 Å². The van der Waals surface area contributed by atoms with Crippen LogP contribution in [0.4, 0.5) is 0 Å². The van der Waals surface area contributed by atoms with Gasteiger partial charge in [0.2, 0.25) is 5.91 Å². The van der Waals surface area contributed by atoms with E-state index in [0.717, 1.165) is 0 Å². The smallest absolute Gasteiger partial charge is 0.224 e. The number of benzene rings is 1. The maximum atomic E-state index is 12.0. The second kappa shape index (κ2) is 6.04. The summed E-state index contributed by atoms with van der Waals surface area (Å²) < 4.78 is 6.02. The van der Waals surface area contributed by atoms with Crippen LogP contribution in [0.25, 0.3) is 0 Å². The lowest BCUT2D eigenvalue weighted by Gasteiger charge is -2.25. The van der Waals surface area contributed by atoms with Crippen molar-refractivity contribution in [2.24, 2.45) is 0 Å². The van der Waals surface area contributed by atoms with Crippen molar-refractivity contribution < 1.29 is 9.53 Å². The molecule has 0 saturated carbocycles. The standard InChI is InChI=1S/C19H29NO2/c1-11(2)13-8-16-15(10-22-19(16,5)6)18(12(3)4)14(13)9-17(21)20-7/h8,11-12H,9-10H2,1-7H3,(H,20,21). The molecule has 0 spiro atoms. The number of nitrogens with one attached hydrogen (secondary N) is 1. The number of amides is 1. The third kappa shape index (κ3) is 2.91. The van der Waals surface area contributed by atoms with Crippen LogP contribution in [0.5, 0.6) is 0 Å². The summed E-state index contributed by atoms with van der Waals surface area (Å²) in [5.74, 6) is 0.838. The third-order valence-electron chi connectivity index (χ3n) is 4.67. The first kappa shape index (κ1) is 17.0. The van der Waals surface area contributed by atoms with Crippen LogP contribution in [0, 0.1) is 0 Å². The lowest BCUT2D eigenvalue weighted by atomic mass is 9.79. The van der Waals surface area contributed by atoms with Crippen molar-refractivity contribution >= 4 is 5.91 Å². The molecule has 1 heterocycles. The second-order valence-corrected chi connectivity index (χ2v) is 7.34. The van der Waals surface area contributed by atoms with Crippen molar-refractivity contribution in [3.8, 4) is 0 Å². The highest BCUT2D eigenvalue weighted by atomic mass is 16.5. The van der Waals surface area contributed by atoms with Gasteiger partial charge in [0.05, 0.1) is 18.6 Å². The summed E-state index contributed by atoms with van der Waals surface area (Å²) in [7, 11) is 1.70. The van der Waals surface area contributed by atoms with Crippen LogP contribution in [0.2, 0.25) is 0 Å². The zero-order valence-electron chi connectivity index (χ0n) is 15.0. The quantitative estimate of drug-likeness (QED) is 0.913. The summed E-state index contributed by atoms with van der Waals surface area (Å²) in [5, 5.41) is 2.76. The van der Waals surface area contributed by atoms with Gasteiger partial charge in [-0.2, -0.15) is 0 Å². The predicted octanol–water partition coefficient (Wildman–Crippen LogP) is 3.99. The molecule has 1 aromatic rings. The first-order valence-electron chi connectivity index (χ1n) is 8.22. The van der Waals surface area contributed by atoms with Gasteiger partial charge in [0.15, 0.2) is 0 Å². The van der Waals surface area contributed by atoms with Crippen LogP contribution in [0.1, 0.15) is 81.2 Å². The Morgan fingerprint density at radius 3 is 2.41 bits per heavy atom. The Kier molecular flexibility index (Phi) is 4.67. The molecule has 3 nitrogen and oxygen atoms in total. The van der Waals surface area contributed by atoms with Gasteiger partial charge in [0.25, 0.3) is 0 Å². The molecule has 0 aliphatic carbocycles. The minimum atomic E-state index is -0.242. The molecule has 122 valence electrons. The SMILES string of the molecule is CNC(=O)Cc1c(C(C)C)cc2c(c1C(C)C)COC2(C)C. The molecule has 1 aliphatic heterocycles. The average molecular weight is 303 g/mol. The van der Waals surface area contributed by atoms with Gasteiger partial charge in [-0.15, -0.1) is 0 Å². The summed E-state index contributed by atoms with van der Waals surface area (Å²) in [6.07, 6.45) is 0.450. The van der Waals surface area contributed by atoms with Crippen molar-refractivity contribution in [2.75, 3.05) is 7.05 Å². The number of hydrogen-bond acceptors (Lipinski definition) is 2. The molecule has 22 heavy (non-hydrogen) atoms. The molecule has 0 saturated heterocycles. The molecule has 1 aliphatic rings. The molecule has 0 fully saturated rings. The van der Waals surface area contributed by atoms with Crippen molar-refractivity contribution in [3.63, 3.8) is 0 Å². The van der Waals surface area contributed by atoms with E-state index in [1.807, 2.05) is 0 Å². The molecule has 0 radical (unpaired) electrons. The molecule has 0 unspecified atom stereocenters. The zero-order chi connectivity index (χ0) is 16.7. The van der Waals surface area contributed by atoms with E-state index in [1.165, 1.54) is 27.8 Å². The van der Waals surface area contributed by atoms with Crippen molar-refractivity contribution in [3.05, 3.63) is 33.9 Å².